The Morgan fingerprint density at radius 2 is 0.673 bits per heavy atom. The molecule has 1 unspecified atom stereocenters. The minimum absolute atomic E-state index is 0.0723. The van der Waals surface area contributed by atoms with Crippen LogP contribution in [-0.2, 0) is 9.49 Å². The molecule has 0 bridgehead atoms. The standard InChI is InChI=1S/C53H38S2/c1-52(2)46-26-10-12-28-48(46)55-53(3,47-27-11-13-29-49(47)54-52)33-30-31-40-36-18-6-9-21-39(36)42-23-14-22-41-37-19-7-4-16-34(37)35-17-5-8-20-38(35)43-24-15-25-44(45(40)32-33)51(43)50(41)42/h4-32H,1-3H3. The highest BCUT2D eigenvalue weighted by molar-refractivity contribution is 8.02. The van der Waals surface area contributed by atoms with Gasteiger partial charge in [-0.15, -0.1) is 23.5 Å². The molecule has 11 rings (SSSR count). The lowest BCUT2D eigenvalue weighted by Crippen LogP contribution is -2.25. The molecule has 0 saturated heterocycles. The van der Waals surface area contributed by atoms with Gasteiger partial charge in [-0.2, -0.15) is 0 Å². The predicted molar refractivity (Wildman–Crippen MR) is 241 cm³/mol. The second kappa shape index (κ2) is 12.2. The minimum Gasteiger partial charge on any atom is -0.115 e. The van der Waals surface area contributed by atoms with Crippen LogP contribution >= 0.6 is 23.5 Å². The van der Waals surface area contributed by atoms with Crippen molar-refractivity contribution in [3.8, 4) is 11.1 Å². The van der Waals surface area contributed by atoms with Crippen molar-refractivity contribution in [3.05, 3.63) is 193 Å². The molecule has 1 aliphatic heterocycles. The average Bonchev–Trinajstić information content (AvgIpc) is 3.22. The third-order valence-corrected chi connectivity index (χ3v) is 14.8. The lowest BCUT2D eigenvalue weighted by atomic mass is 9.83. The van der Waals surface area contributed by atoms with Crippen molar-refractivity contribution >= 4 is 88.2 Å². The lowest BCUT2D eigenvalue weighted by Gasteiger charge is -2.39. The Morgan fingerprint density at radius 1 is 0.309 bits per heavy atom. The quantitative estimate of drug-likeness (QED) is 0.164. The number of fused-ring (bicyclic) bond motifs is 12. The Labute approximate surface area is 330 Å². The largest absolute Gasteiger partial charge is 0.115 e. The van der Waals surface area contributed by atoms with Crippen LogP contribution in [0.4, 0.5) is 0 Å². The molecule has 0 N–H and O–H groups in total. The molecule has 0 spiro atoms. The Hall–Kier alpha value is -5.54. The first-order chi connectivity index (χ1) is 26.9. The summed E-state index contributed by atoms with van der Waals surface area (Å²) in [6, 6.07) is 66.5. The molecule has 8 aromatic rings. The maximum absolute atomic E-state index is 2.54. The summed E-state index contributed by atoms with van der Waals surface area (Å²) in [7, 11) is 0. The van der Waals surface area contributed by atoms with Gasteiger partial charge >= 0.3 is 0 Å². The van der Waals surface area contributed by atoms with Gasteiger partial charge in [0.2, 0.25) is 0 Å². The van der Waals surface area contributed by atoms with Gasteiger partial charge in [0.1, 0.15) is 0 Å². The lowest BCUT2D eigenvalue weighted by molar-refractivity contribution is 0.743. The summed E-state index contributed by atoms with van der Waals surface area (Å²) in [5, 5.41) is 15.3. The Morgan fingerprint density at radius 3 is 1.18 bits per heavy atom. The second-order valence-corrected chi connectivity index (χ2v) is 18.7. The SMILES string of the molecule is CC1(C)Sc2ccccc2C(C)(c2ccc3c(c2)c2cccc4c2-c2c(cccc2c2ccccc23)c2ccccc2c2ccccc42)Sc2ccccc21. The van der Waals surface area contributed by atoms with E-state index in [1.165, 1.54) is 102 Å². The van der Waals surface area contributed by atoms with Crippen LogP contribution in [0.1, 0.15) is 37.5 Å². The zero-order chi connectivity index (χ0) is 36.9. The molecule has 0 nitrogen and oxygen atoms in total. The monoisotopic (exact) mass is 738 g/mol. The number of benzene rings is 8. The van der Waals surface area contributed by atoms with Crippen molar-refractivity contribution in [3.63, 3.8) is 0 Å². The van der Waals surface area contributed by atoms with E-state index in [0.717, 1.165) is 0 Å². The molecule has 262 valence electrons. The summed E-state index contributed by atoms with van der Waals surface area (Å²) in [5.41, 5.74) is 6.67. The summed E-state index contributed by atoms with van der Waals surface area (Å²) < 4.78 is -0.429. The van der Waals surface area contributed by atoms with Crippen LogP contribution in [0.5, 0.6) is 0 Å². The zero-order valence-corrected chi connectivity index (χ0v) is 32.7. The van der Waals surface area contributed by atoms with E-state index >= 15 is 0 Å². The summed E-state index contributed by atoms with van der Waals surface area (Å²) >= 11 is 3.98. The number of hydrogen-bond donors (Lipinski definition) is 0. The number of hydrogen-bond acceptors (Lipinski definition) is 2. The summed E-state index contributed by atoms with van der Waals surface area (Å²) in [4.78, 5) is 2.68. The van der Waals surface area contributed by atoms with Gasteiger partial charge in [0.25, 0.3) is 0 Å². The topological polar surface area (TPSA) is 0 Å². The third kappa shape index (κ3) is 4.88. The smallest absolute Gasteiger partial charge is 0.0687 e. The van der Waals surface area contributed by atoms with E-state index in [1.807, 2.05) is 23.5 Å². The van der Waals surface area contributed by atoms with Crippen LogP contribution in [0.25, 0.3) is 75.8 Å². The molecule has 2 heteroatoms. The Bertz CT molecular complexity index is 3210. The highest BCUT2D eigenvalue weighted by atomic mass is 32.2. The molecule has 2 aliphatic carbocycles. The first kappa shape index (κ1) is 32.9. The van der Waals surface area contributed by atoms with Gasteiger partial charge in [-0.05, 0) is 131 Å². The first-order valence-corrected chi connectivity index (χ1v) is 20.8. The molecule has 0 saturated carbocycles. The first-order valence-electron chi connectivity index (χ1n) is 19.2. The molecular formula is C53H38S2. The van der Waals surface area contributed by atoms with Crippen molar-refractivity contribution in [1.82, 2.24) is 0 Å². The molecule has 0 radical (unpaired) electrons. The van der Waals surface area contributed by atoms with Gasteiger partial charge in [0.05, 0.1) is 4.75 Å². The normalized spacial score (nSPS) is 16.7. The molecule has 0 amide bonds. The van der Waals surface area contributed by atoms with Crippen LogP contribution in [0.2, 0.25) is 0 Å². The summed E-state index contributed by atoms with van der Waals surface area (Å²) in [5.74, 6) is 0. The molecular weight excluding hydrogens is 701 g/mol. The maximum Gasteiger partial charge on any atom is 0.0687 e. The molecule has 3 aliphatic rings. The molecule has 1 atom stereocenters. The minimum atomic E-state index is -0.356. The van der Waals surface area contributed by atoms with Crippen LogP contribution < -0.4 is 0 Å². The van der Waals surface area contributed by atoms with Gasteiger partial charge in [-0.3, -0.25) is 0 Å². The Balaban J connectivity index is 1.35. The van der Waals surface area contributed by atoms with Crippen molar-refractivity contribution in [2.24, 2.45) is 0 Å². The maximum atomic E-state index is 2.54. The van der Waals surface area contributed by atoms with E-state index in [2.05, 4.69) is 197 Å². The highest BCUT2D eigenvalue weighted by Gasteiger charge is 2.39. The third-order valence-electron chi connectivity index (χ3n) is 12.1. The zero-order valence-electron chi connectivity index (χ0n) is 31.1. The van der Waals surface area contributed by atoms with E-state index in [0.29, 0.717) is 0 Å². The van der Waals surface area contributed by atoms with Crippen molar-refractivity contribution < 1.29 is 0 Å². The van der Waals surface area contributed by atoms with Gasteiger partial charge in [-0.25, -0.2) is 0 Å². The van der Waals surface area contributed by atoms with Crippen LogP contribution in [0.3, 0.4) is 0 Å². The van der Waals surface area contributed by atoms with Gasteiger partial charge in [0, 0.05) is 14.5 Å². The van der Waals surface area contributed by atoms with Crippen molar-refractivity contribution in [1.29, 1.82) is 0 Å². The summed E-state index contributed by atoms with van der Waals surface area (Å²) in [6.07, 6.45) is 0. The van der Waals surface area contributed by atoms with E-state index in [9.17, 15) is 0 Å². The number of thioether (sulfide) groups is 2. The molecule has 0 fully saturated rings. The summed E-state index contributed by atoms with van der Waals surface area (Å²) in [6.45, 7) is 7.18. The fourth-order valence-electron chi connectivity index (χ4n) is 9.52. The van der Waals surface area contributed by atoms with Crippen LogP contribution in [0.15, 0.2) is 186 Å². The fraction of sp³-hybridized carbons (Fsp3) is 0.0943. The molecule has 55 heavy (non-hydrogen) atoms. The van der Waals surface area contributed by atoms with Gasteiger partial charge in [-0.1, -0.05) is 158 Å². The van der Waals surface area contributed by atoms with E-state index < -0.39 is 0 Å². The molecule has 0 aromatic heterocycles. The van der Waals surface area contributed by atoms with Crippen LogP contribution in [0, 0.1) is 0 Å². The van der Waals surface area contributed by atoms with Gasteiger partial charge < -0.3 is 0 Å². The average molecular weight is 739 g/mol. The fourth-order valence-corrected chi connectivity index (χ4v) is 12.6. The second-order valence-electron chi connectivity index (χ2n) is 15.6. The Kier molecular flexibility index (Phi) is 7.31. The van der Waals surface area contributed by atoms with Crippen molar-refractivity contribution in [2.75, 3.05) is 0 Å². The van der Waals surface area contributed by atoms with E-state index in [-0.39, 0.29) is 9.49 Å². The number of rotatable bonds is 1. The predicted octanol–water partition coefficient (Wildman–Crippen LogP) is 15.7. The van der Waals surface area contributed by atoms with Crippen LogP contribution in [-0.4, -0.2) is 0 Å². The molecule has 8 aromatic carbocycles. The molecule has 1 heterocycles. The van der Waals surface area contributed by atoms with E-state index in [4.69, 9.17) is 0 Å². The van der Waals surface area contributed by atoms with Gasteiger partial charge in [0.15, 0.2) is 0 Å². The van der Waals surface area contributed by atoms with E-state index in [1.54, 1.807) is 0 Å². The van der Waals surface area contributed by atoms with Crippen molar-refractivity contribution in [2.45, 2.75) is 40.1 Å². The highest BCUT2D eigenvalue weighted by Crippen LogP contribution is 2.58.